The number of aromatic nitrogens is 1. The van der Waals surface area contributed by atoms with Crippen LogP contribution in [0.4, 0.5) is 0 Å². The highest BCUT2D eigenvalue weighted by Gasteiger charge is 2.02. The number of guanidine groups is 1. The molecule has 124 valence electrons. The Labute approximate surface area is 149 Å². The summed E-state index contributed by atoms with van der Waals surface area (Å²) in [6, 6.07) is 7.80. The van der Waals surface area contributed by atoms with Crippen LogP contribution in [0.1, 0.15) is 16.8 Å². The Balaban J connectivity index is 1.68. The molecule has 0 saturated carbocycles. The lowest BCUT2D eigenvalue weighted by atomic mass is 10.3. The number of ether oxygens (including phenoxy) is 1. The van der Waals surface area contributed by atoms with Crippen molar-refractivity contribution in [2.75, 3.05) is 20.2 Å². The average molecular weight is 397 g/mol. The maximum absolute atomic E-state index is 5.68. The SMILES string of the molecule is CCc1cnc(CNC(=NC)NCCOc2cccc(Br)c2)s1. The van der Waals surface area contributed by atoms with Crippen LogP contribution in [0.2, 0.25) is 0 Å². The van der Waals surface area contributed by atoms with Gasteiger partial charge in [-0.25, -0.2) is 4.98 Å². The highest BCUT2D eigenvalue weighted by atomic mass is 79.9. The largest absolute Gasteiger partial charge is 0.492 e. The van der Waals surface area contributed by atoms with Crippen LogP contribution in [0.5, 0.6) is 5.75 Å². The summed E-state index contributed by atoms with van der Waals surface area (Å²) in [5, 5.41) is 7.54. The lowest BCUT2D eigenvalue weighted by Crippen LogP contribution is -2.38. The molecule has 2 rings (SSSR count). The number of nitrogens with zero attached hydrogens (tertiary/aromatic N) is 2. The van der Waals surface area contributed by atoms with Crippen molar-refractivity contribution in [2.45, 2.75) is 19.9 Å². The molecule has 0 atom stereocenters. The zero-order valence-electron chi connectivity index (χ0n) is 13.3. The van der Waals surface area contributed by atoms with Gasteiger partial charge < -0.3 is 15.4 Å². The lowest BCUT2D eigenvalue weighted by Gasteiger charge is -2.11. The van der Waals surface area contributed by atoms with Crippen molar-refractivity contribution in [1.29, 1.82) is 0 Å². The van der Waals surface area contributed by atoms with Crippen molar-refractivity contribution in [2.24, 2.45) is 4.99 Å². The summed E-state index contributed by atoms with van der Waals surface area (Å²) in [4.78, 5) is 9.88. The Bertz CT molecular complexity index is 645. The summed E-state index contributed by atoms with van der Waals surface area (Å²) >= 11 is 5.15. The molecule has 0 aliphatic carbocycles. The molecule has 0 aliphatic rings. The molecule has 23 heavy (non-hydrogen) atoms. The number of hydrogen-bond donors (Lipinski definition) is 2. The van der Waals surface area contributed by atoms with E-state index in [1.54, 1.807) is 18.4 Å². The number of nitrogens with one attached hydrogen (secondary N) is 2. The van der Waals surface area contributed by atoms with Crippen LogP contribution < -0.4 is 15.4 Å². The Morgan fingerprint density at radius 1 is 1.39 bits per heavy atom. The van der Waals surface area contributed by atoms with Gasteiger partial charge in [-0.1, -0.05) is 28.9 Å². The van der Waals surface area contributed by atoms with Crippen LogP contribution in [0.25, 0.3) is 0 Å². The summed E-state index contributed by atoms with van der Waals surface area (Å²) in [5.41, 5.74) is 0. The molecule has 0 fully saturated rings. The Morgan fingerprint density at radius 3 is 2.96 bits per heavy atom. The monoisotopic (exact) mass is 396 g/mol. The summed E-state index contributed by atoms with van der Waals surface area (Å²) in [6.07, 6.45) is 2.96. The number of thiazole rings is 1. The van der Waals surface area contributed by atoms with Crippen molar-refractivity contribution in [3.8, 4) is 5.75 Å². The van der Waals surface area contributed by atoms with Crippen molar-refractivity contribution in [3.05, 3.63) is 44.8 Å². The van der Waals surface area contributed by atoms with Gasteiger partial charge in [0.15, 0.2) is 5.96 Å². The minimum Gasteiger partial charge on any atom is -0.492 e. The van der Waals surface area contributed by atoms with E-state index in [1.807, 2.05) is 30.5 Å². The van der Waals surface area contributed by atoms with E-state index < -0.39 is 0 Å². The van der Waals surface area contributed by atoms with Crippen LogP contribution in [-0.4, -0.2) is 31.1 Å². The van der Waals surface area contributed by atoms with E-state index in [-0.39, 0.29) is 0 Å². The zero-order chi connectivity index (χ0) is 16.5. The van der Waals surface area contributed by atoms with Gasteiger partial charge in [-0.15, -0.1) is 11.3 Å². The molecule has 0 aliphatic heterocycles. The predicted octanol–water partition coefficient (Wildman–Crippen LogP) is 3.21. The van der Waals surface area contributed by atoms with E-state index in [0.29, 0.717) is 19.7 Å². The molecular weight excluding hydrogens is 376 g/mol. The normalized spacial score (nSPS) is 11.3. The van der Waals surface area contributed by atoms with Gasteiger partial charge in [0, 0.05) is 22.6 Å². The highest BCUT2D eigenvalue weighted by Crippen LogP contribution is 2.17. The molecule has 0 radical (unpaired) electrons. The second-order valence-corrected chi connectivity index (χ2v) is 6.85. The topological polar surface area (TPSA) is 58.5 Å². The molecule has 0 unspecified atom stereocenters. The second-order valence-electron chi connectivity index (χ2n) is 4.73. The summed E-state index contributed by atoms with van der Waals surface area (Å²) in [5.74, 6) is 1.59. The van der Waals surface area contributed by atoms with Gasteiger partial charge in [-0.05, 0) is 24.6 Å². The third-order valence-electron chi connectivity index (χ3n) is 3.04. The van der Waals surface area contributed by atoms with E-state index in [4.69, 9.17) is 4.74 Å². The smallest absolute Gasteiger partial charge is 0.191 e. The minimum atomic E-state index is 0.564. The molecule has 7 heteroatoms. The fourth-order valence-electron chi connectivity index (χ4n) is 1.87. The van der Waals surface area contributed by atoms with E-state index in [0.717, 1.165) is 27.6 Å². The second kappa shape index (κ2) is 9.52. The van der Waals surface area contributed by atoms with Gasteiger partial charge >= 0.3 is 0 Å². The van der Waals surface area contributed by atoms with Crippen LogP contribution in [0.15, 0.2) is 39.9 Å². The standard InChI is InChI=1S/C16H21BrN4OS/c1-3-14-10-20-15(23-14)11-21-16(18-2)19-7-8-22-13-6-4-5-12(17)9-13/h4-6,9-10H,3,7-8,11H2,1-2H3,(H2,18,19,21). The highest BCUT2D eigenvalue weighted by molar-refractivity contribution is 9.10. The van der Waals surface area contributed by atoms with Gasteiger partial charge in [0.05, 0.1) is 13.1 Å². The number of halogens is 1. The number of hydrogen-bond acceptors (Lipinski definition) is 4. The quantitative estimate of drug-likeness (QED) is 0.428. The average Bonchev–Trinajstić information content (AvgIpc) is 3.02. The third-order valence-corrected chi connectivity index (χ3v) is 4.67. The van der Waals surface area contributed by atoms with Crippen LogP contribution >= 0.6 is 27.3 Å². The van der Waals surface area contributed by atoms with Gasteiger partial charge in [0.1, 0.15) is 17.4 Å². The van der Waals surface area contributed by atoms with E-state index in [2.05, 4.69) is 43.5 Å². The molecule has 1 aromatic carbocycles. The predicted molar refractivity (Wildman–Crippen MR) is 99.3 cm³/mol. The van der Waals surface area contributed by atoms with Crippen LogP contribution in [0, 0.1) is 0 Å². The Kier molecular flexibility index (Phi) is 7.35. The molecule has 0 spiro atoms. The van der Waals surface area contributed by atoms with E-state index in [1.165, 1.54) is 4.88 Å². The van der Waals surface area contributed by atoms with Gasteiger partial charge in [-0.2, -0.15) is 0 Å². The van der Waals surface area contributed by atoms with Gasteiger partial charge in [0.2, 0.25) is 0 Å². The molecule has 0 bridgehead atoms. The molecule has 2 N–H and O–H groups in total. The third kappa shape index (κ3) is 6.19. The number of aliphatic imine (C=N–C) groups is 1. The summed E-state index contributed by atoms with van der Waals surface area (Å²) in [6.45, 7) is 4.05. The molecular formula is C16H21BrN4OS. The van der Waals surface area contributed by atoms with Crippen molar-refractivity contribution in [1.82, 2.24) is 15.6 Å². The molecule has 1 aromatic heterocycles. The number of rotatable bonds is 7. The number of benzene rings is 1. The van der Waals surface area contributed by atoms with E-state index in [9.17, 15) is 0 Å². The molecule has 5 nitrogen and oxygen atoms in total. The first-order chi connectivity index (χ1) is 11.2. The first-order valence-corrected chi connectivity index (χ1v) is 9.08. The van der Waals surface area contributed by atoms with Gasteiger partial charge in [0.25, 0.3) is 0 Å². The summed E-state index contributed by atoms with van der Waals surface area (Å²) < 4.78 is 6.69. The van der Waals surface area contributed by atoms with Crippen molar-refractivity contribution in [3.63, 3.8) is 0 Å². The fraction of sp³-hybridized carbons (Fsp3) is 0.375. The molecule has 0 saturated heterocycles. The van der Waals surface area contributed by atoms with Gasteiger partial charge in [-0.3, -0.25) is 4.99 Å². The fourth-order valence-corrected chi connectivity index (χ4v) is 3.05. The molecule has 0 amide bonds. The molecule has 1 heterocycles. The molecule has 2 aromatic rings. The van der Waals surface area contributed by atoms with Crippen molar-refractivity contribution >= 4 is 33.2 Å². The number of aryl methyl sites for hydroxylation is 1. The maximum Gasteiger partial charge on any atom is 0.191 e. The lowest BCUT2D eigenvalue weighted by molar-refractivity contribution is 0.321. The van der Waals surface area contributed by atoms with Crippen molar-refractivity contribution < 1.29 is 4.74 Å². The Hall–Kier alpha value is -1.60. The Morgan fingerprint density at radius 2 is 2.26 bits per heavy atom. The summed E-state index contributed by atoms with van der Waals surface area (Å²) in [7, 11) is 1.75. The first-order valence-electron chi connectivity index (χ1n) is 7.47. The van der Waals surface area contributed by atoms with Crippen LogP contribution in [-0.2, 0) is 13.0 Å². The first kappa shape index (κ1) is 17.7. The maximum atomic E-state index is 5.68. The zero-order valence-corrected chi connectivity index (χ0v) is 15.7. The van der Waals surface area contributed by atoms with E-state index >= 15 is 0 Å². The minimum absolute atomic E-state index is 0.564. The van der Waals surface area contributed by atoms with Crippen LogP contribution in [0.3, 0.4) is 0 Å².